The van der Waals surface area contributed by atoms with Crippen molar-refractivity contribution in [2.24, 2.45) is 12.5 Å². The van der Waals surface area contributed by atoms with Gasteiger partial charge in [0.2, 0.25) is 0 Å². The maximum Gasteiger partial charge on any atom is 0.419 e. The summed E-state index contributed by atoms with van der Waals surface area (Å²) < 4.78 is 11.4. The van der Waals surface area contributed by atoms with Gasteiger partial charge < -0.3 is 14.3 Å². The van der Waals surface area contributed by atoms with E-state index < -0.39 is 11.2 Å². The van der Waals surface area contributed by atoms with Gasteiger partial charge >= 0.3 is 5.76 Å². The van der Waals surface area contributed by atoms with E-state index in [0.717, 1.165) is 0 Å². The maximum atomic E-state index is 12.4. The number of hydrogen-bond acceptors (Lipinski definition) is 5. The monoisotopic (exact) mass is 263 g/mol. The van der Waals surface area contributed by atoms with Crippen molar-refractivity contribution in [3.05, 3.63) is 34.3 Å². The molecular weight excluding hydrogens is 250 g/mol. The summed E-state index contributed by atoms with van der Waals surface area (Å²) in [6, 6.07) is 4.80. The van der Waals surface area contributed by atoms with Crippen LogP contribution in [0.5, 0.6) is 0 Å². The zero-order chi connectivity index (χ0) is 13.6. The van der Waals surface area contributed by atoms with Gasteiger partial charge in [0.05, 0.1) is 25.3 Å². The van der Waals surface area contributed by atoms with Gasteiger partial charge in [-0.05, 0) is 18.2 Å². The van der Waals surface area contributed by atoms with Crippen molar-refractivity contribution >= 4 is 16.9 Å². The molecule has 19 heavy (non-hydrogen) atoms. The molecule has 0 spiro atoms. The molecule has 100 valence electrons. The average molecular weight is 263 g/mol. The highest BCUT2D eigenvalue weighted by Crippen LogP contribution is 2.31. The highest BCUT2D eigenvalue weighted by Gasteiger charge is 2.45. The lowest BCUT2D eigenvalue weighted by molar-refractivity contribution is -0.109. The molecule has 0 unspecified atom stereocenters. The number of carbonyl (C=O) groups is 1. The summed E-state index contributed by atoms with van der Waals surface area (Å²) in [5.74, 6) is -0.639. The zero-order valence-corrected chi connectivity index (χ0v) is 10.4. The number of ether oxygens (including phenoxy) is 1. The molecular formula is C13H13NO5. The number of hydrogen-bond donors (Lipinski definition) is 1. The Bertz CT molecular complexity index is 702. The molecule has 0 radical (unpaired) electrons. The first-order valence-electron chi connectivity index (χ1n) is 5.90. The highest BCUT2D eigenvalue weighted by molar-refractivity contribution is 6.03. The van der Waals surface area contributed by atoms with Crippen LogP contribution >= 0.6 is 0 Å². The molecule has 1 aliphatic rings. The third-order valence-electron chi connectivity index (χ3n) is 3.59. The fourth-order valence-electron chi connectivity index (χ4n) is 2.22. The summed E-state index contributed by atoms with van der Waals surface area (Å²) in [5, 5.41) is 9.37. The van der Waals surface area contributed by atoms with E-state index in [1.807, 2.05) is 0 Å². The van der Waals surface area contributed by atoms with Crippen LogP contribution in [-0.4, -0.2) is 35.3 Å². The van der Waals surface area contributed by atoms with Crippen LogP contribution in [0.3, 0.4) is 0 Å². The van der Waals surface area contributed by atoms with Gasteiger partial charge in [0.25, 0.3) is 0 Å². The predicted molar refractivity (Wildman–Crippen MR) is 66.1 cm³/mol. The van der Waals surface area contributed by atoms with E-state index in [1.165, 1.54) is 4.57 Å². The van der Waals surface area contributed by atoms with Crippen molar-refractivity contribution < 1.29 is 19.1 Å². The van der Waals surface area contributed by atoms with Crippen LogP contribution in [0.2, 0.25) is 0 Å². The van der Waals surface area contributed by atoms with E-state index >= 15 is 0 Å². The number of aliphatic hydroxyl groups excluding tert-OH is 1. The van der Waals surface area contributed by atoms with Crippen molar-refractivity contribution in [2.75, 3.05) is 19.8 Å². The minimum atomic E-state index is -0.837. The first-order valence-corrected chi connectivity index (χ1v) is 5.90. The number of aliphatic hydroxyl groups is 1. The summed E-state index contributed by atoms with van der Waals surface area (Å²) in [4.78, 5) is 23.8. The van der Waals surface area contributed by atoms with E-state index in [0.29, 0.717) is 16.7 Å². The number of aromatic nitrogens is 1. The molecule has 0 aliphatic carbocycles. The van der Waals surface area contributed by atoms with Crippen molar-refractivity contribution in [3.63, 3.8) is 0 Å². The Balaban J connectivity index is 2.08. The number of rotatable bonds is 3. The van der Waals surface area contributed by atoms with Crippen LogP contribution in [0.15, 0.2) is 27.4 Å². The Hall–Kier alpha value is -1.92. The van der Waals surface area contributed by atoms with Gasteiger partial charge in [-0.2, -0.15) is 0 Å². The second-order valence-electron chi connectivity index (χ2n) is 4.87. The van der Waals surface area contributed by atoms with E-state index in [1.54, 1.807) is 25.2 Å². The normalized spacial score (nSPS) is 17.4. The first kappa shape index (κ1) is 12.1. The van der Waals surface area contributed by atoms with Crippen LogP contribution in [0, 0.1) is 5.41 Å². The quantitative estimate of drug-likeness (QED) is 0.807. The molecule has 1 aliphatic heterocycles. The van der Waals surface area contributed by atoms with Crippen LogP contribution < -0.4 is 5.76 Å². The third kappa shape index (κ3) is 1.64. The number of aryl methyl sites for hydroxylation is 1. The summed E-state index contributed by atoms with van der Waals surface area (Å²) in [6.45, 7) is 0.212. The van der Waals surface area contributed by atoms with Crippen molar-refractivity contribution in [1.82, 2.24) is 4.57 Å². The minimum Gasteiger partial charge on any atom is -0.408 e. The molecule has 1 fully saturated rings. The van der Waals surface area contributed by atoms with Gasteiger partial charge in [0.15, 0.2) is 11.4 Å². The lowest BCUT2D eigenvalue weighted by Gasteiger charge is -2.38. The topological polar surface area (TPSA) is 81.7 Å². The largest absolute Gasteiger partial charge is 0.419 e. The van der Waals surface area contributed by atoms with Gasteiger partial charge in [0.1, 0.15) is 5.41 Å². The number of ketones is 1. The van der Waals surface area contributed by atoms with Crippen molar-refractivity contribution in [2.45, 2.75) is 0 Å². The molecule has 2 heterocycles. The molecule has 1 N–H and O–H groups in total. The number of Topliss-reactive ketones (excluding diaryl/α,β-unsaturated/α-hetero) is 1. The summed E-state index contributed by atoms with van der Waals surface area (Å²) in [5.41, 5.74) is 0.605. The van der Waals surface area contributed by atoms with Crippen LogP contribution in [0.1, 0.15) is 10.4 Å². The molecule has 0 amide bonds. The lowest BCUT2D eigenvalue weighted by atomic mass is 9.79. The summed E-state index contributed by atoms with van der Waals surface area (Å²) in [7, 11) is 1.58. The molecule has 2 aromatic rings. The van der Waals surface area contributed by atoms with Gasteiger partial charge in [0, 0.05) is 12.6 Å². The standard InChI is InChI=1S/C13H13NO5/c1-14-9-4-8(2-3-10(9)19-12(14)17)11(16)13(5-15)6-18-7-13/h2-4,15H,5-7H2,1H3. The highest BCUT2D eigenvalue weighted by atomic mass is 16.5. The van der Waals surface area contributed by atoms with E-state index in [-0.39, 0.29) is 25.6 Å². The number of fused-ring (bicyclic) bond motifs is 1. The molecule has 1 aromatic carbocycles. The van der Waals surface area contributed by atoms with Crippen LogP contribution in [-0.2, 0) is 11.8 Å². The third-order valence-corrected chi connectivity index (χ3v) is 3.59. The number of carbonyl (C=O) groups excluding carboxylic acids is 1. The van der Waals surface area contributed by atoms with Gasteiger partial charge in [-0.25, -0.2) is 4.79 Å². The maximum absolute atomic E-state index is 12.4. The SMILES string of the molecule is Cn1c(=O)oc2ccc(C(=O)C3(CO)COC3)cc21. The summed E-state index contributed by atoms with van der Waals surface area (Å²) in [6.07, 6.45) is 0. The average Bonchev–Trinajstić information content (AvgIpc) is 2.64. The molecule has 1 aromatic heterocycles. The fourth-order valence-corrected chi connectivity index (χ4v) is 2.22. The minimum absolute atomic E-state index is 0.170. The lowest BCUT2D eigenvalue weighted by Crippen LogP contribution is -2.51. The Morgan fingerprint density at radius 2 is 2.21 bits per heavy atom. The second kappa shape index (κ2) is 4.04. The van der Waals surface area contributed by atoms with Crippen LogP contribution in [0.25, 0.3) is 11.1 Å². The second-order valence-corrected chi connectivity index (χ2v) is 4.87. The Kier molecular flexibility index (Phi) is 2.58. The molecule has 6 heteroatoms. The van der Waals surface area contributed by atoms with E-state index in [9.17, 15) is 14.7 Å². The Morgan fingerprint density at radius 1 is 1.47 bits per heavy atom. The Labute approximate surface area is 108 Å². The van der Waals surface area contributed by atoms with E-state index in [4.69, 9.17) is 9.15 Å². The number of nitrogens with zero attached hydrogens (tertiary/aromatic N) is 1. The first-order chi connectivity index (χ1) is 9.07. The predicted octanol–water partition coefficient (Wildman–Crippen LogP) is 0.323. The number of benzene rings is 1. The Morgan fingerprint density at radius 3 is 2.79 bits per heavy atom. The van der Waals surface area contributed by atoms with Crippen LogP contribution in [0.4, 0.5) is 0 Å². The molecule has 6 nitrogen and oxygen atoms in total. The molecule has 0 saturated carbocycles. The summed E-state index contributed by atoms with van der Waals surface area (Å²) >= 11 is 0. The van der Waals surface area contributed by atoms with Crippen molar-refractivity contribution in [3.8, 4) is 0 Å². The molecule has 0 atom stereocenters. The molecule has 1 saturated heterocycles. The number of oxazole rings is 1. The van der Waals surface area contributed by atoms with Gasteiger partial charge in [-0.3, -0.25) is 9.36 Å². The van der Waals surface area contributed by atoms with Gasteiger partial charge in [-0.15, -0.1) is 0 Å². The smallest absolute Gasteiger partial charge is 0.408 e. The molecule has 3 rings (SSSR count). The van der Waals surface area contributed by atoms with Gasteiger partial charge in [-0.1, -0.05) is 0 Å². The fraction of sp³-hybridized carbons (Fsp3) is 0.385. The van der Waals surface area contributed by atoms with E-state index in [2.05, 4.69) is 0 Å². The van der Waals surface area contributed by atoms with Crippen molar-refractivity contribution in [1.29, 1.82) is 0 Å². The zero-order valence-electron chi connectivity index (χ0n) is 10.4. The molecule has 0 bridgehead atoms.